The van der Waals surface area contributed by atoms with E-state index < -0.39 is 0 Å². The SMILES string of the molecule is O=C(c1cnccn1)N1CCC(c2nc3c(c(=O)[nH]2)CN(Cc2ccc(O)cc2)CC3)CC1. The number of fused-ring (bicyclic) bond motifs is 1. The number of carbonyl (C=O) groups excluding carboxylic acids is 1. The summed E-state index contributed by atoms with van der Waals surface area (Å²) in [5.74, 6) is 1.00. The van der Waals surface area contributed by atoms with Crippen LogP contribution in [0.25, 0.3) is 0 Å². The van der Waals surface area contributed by atoms with Crippen LogP contribution in [0.5, 0.6) is 5.75 Å². The Morgan fingerprint density at radius 1 is 1.12 bits per heavy atom. The molecule has 9 heteroatoms. The van der Waals surface area contributed by atoms with Gasteiger partial charge < -0.3 is 15.0 Å². The Labute approximate surface area is 191 Å². The molecule has 1 aromatic carbocycles. The monoisotopic (exact) mass is 446 g/mol. The number of aromatic hydroxyl groups is 1. The highest BCUT2D eigenvalue weighted by Crippen LogP contribution is 2.27. The molecule has 0 radical (unpaired) electrons. The molecule has 0 spiro atoms. The fourth-order valence-corrected chi connectivity index (χ4v) is 4.62. The highest BCUT2D eigenvalue weighted by Gasteiger charge is 2.28. The van der Waals surface area contributed by atoms with Crippen LogP contribution in [0.4, 0.5) is 0 Å². The lowest BCUT2D eigenvalue weighted by atomic mass is 9.95. The smallest absolute Gasteiger partial charge is 0.274 e. The van der Waals surface area contributed by atoms with Gasteiger partial charge in [-0.25, -0.2) is 9.97 Å². The van der Waals surface area contributed by atoms with Gasteiger partial charge in [-0.05, 0) is 30.5 Å². The van der Waals surface area contributed by atoms with Gasteiger partial charge in [0.25, 0.3) is 11.5 Å². The van der Waals surface area contributed by atoms with Gasteiger partial charge in [0.1, 0.15) is 17.3 Å². The molecule has 2 aliphatic rings. The highest BCUT2D eigenvalue weighted by molar-refractivity contribution is 5.92. The van der Waals surface area contributed by atoms with Gasteiger partial charge in [0.15, 0.2) is 0 Å². The van der Waals surface area contributed by atoms with Gasteiger partial charge in [-0.3, -0.25) is 19.5 Å². The second kappa shape index (κ2) is 9.11. The number of nitrogens with one attached hydrogen (secondary N) is 1. The molecular weight excluding hydrogens is 420 g/mol. The quantitative estimate of drug-likeness (QED) is 0.628. The number of rotatable bonds is 4. The number of benzene rings is 1. The fourth-order valence-electron chi connectivity index (χ4n) is 4.62. The zero-order chi connectivity index (χ0) is 22.8. The largest absolute Gasteiger partial charge is 0.508 e. The van der Waals surface area contributed by atoms with Crippen LogP contribution in [0.1, 0.15) is 51.9 Å². The van der Waals surface area contributed by atoms with Crippen LogP contribution < -0.4 is 5.56 Å². The molecule has 1 fully saturated rings. The molecule has 9 nitrogen and oxygen atoms in total. The van der Waals surface area contributed by atoms with Crippen LogP contribution in [0.3, 0.4) is 0 Å². The van der Waals surface area contributed by atoms with Crippen LogP contribution in [-0.2, 0) is 19.5 Å². The molecule has 33 heavy (non-hydrogen) atoms. The van der Waals surface area contributed by atoms with Crippen LogP contribution in [0, 0.1) is 0 Å². The maximum Gasteiger partial charge on any atom is 0.274 e. The number of hydrogen-bond acceptors (Lipinski definition) is 7. The van der Waals surface area contributed by atoms with Crippen LogP contribution in [-0.4, -0.2) is 60.4 Å². The number of H-pyrrole nitrogens is 1. The lowest BCUT2D eigenvalue weighted by Crippen LogP contribution is -2.40. The third kappa shape index (κ3) is 4.63. The maximum absolute atomic E-state index is 12.9. The minimum Gasteiger partial charge on any atom is -0.508 e. The minimum atomic E-state index is -0.109. The fraction of sp³-hybridized carbons (Fsp3) is 0.375. The Balaban J connectivity index is 1.24. The van der Waals surface area contributed by atoms with Crippen molar-refractivity contribution in [3.8, 4) is 5.75 Å². The Morgan fingerprint density at radius 3 is 2.64 bits per heavy atom. The van der Waals surface area contributed by atoms with E-state index in [2.05, 4.69) is 19.9 Å². The van der Waals surface area contributed by atoms with E-state index in [0.29, 0.717) is 25.3 Å². The second-order valence-corrected chi connectivity index (χ2v) is 8.66. The van der Waals surface area contributed by atoms with Crippen molar-refractivity contribution in [2.24, 2.45) is 0 Å². The molecule has 0 unspecified atom stereocenters. The first-order valence-electron chi connectivity index (χ1n) is 11.2. The zero-order valence-electron chi connectivity index (χ0n) is 18.3. The standard InChI is InChI=1S/C24H26N6O3/c31-18-3-1-16(2-4-18)14-29-10-7-20-19(15-29)23(32)28-22(27-20)17-5-11-30(12-6-17)24(33)21-13-25-8-9-26-21/h1-4,8-9,13,17,31H,5-7,10-12,14-15H2,(H,27,28,32). The number of nitrogens with zero attached hydrogens (tertiary/aromatic N) is 5. The van der Waals surface area contributed by atoms with Crippen LogP contribution in [0.2, 0.25) is 0 Å². The average molecular weight is 447 g/mol. The lowest BCUT2D eigenvalue weighted by Gasteiger charge is -2.32. The molecule has 0 atom stereocenters. The molecule has 0 bridgehead atoms. The molecule has 1 saturated heterocycles. The summed E-state index contributed by atoms with van der Waals surface area (Å²) < 4.78 is 0. The van der Waals surface area contributed by atoms with E-state index in [-0.39, 0.29) is 23.1 Å². The summed E-state index contributed by atoms with van der Waals surface area (Å²) in [5, 5.41) is 9.46. The number of likely N-dealkylation sites (tertiary alicyclic amines) is 1. The van der Waals surface area contributed by atoms with E-state index in [9.17, 15) is 14.7 Å². The van der Waals surface area contributed by atoms with Crippen molar-refractivity contribution in [1.82, 2.24) is 29.7 Å². The summed E-state index contributed by atoms with van der Waals surface area (Å²) in [4.78, 5) is 45.4. The molecular formula is C24H26N6O3. The van der Waals surface area contributed by atoms with E-state index in [1.165, 1.54) is 12.4 Å². The van der Waals surface area contributed by atoms with Gasteiger partial charge in [-0.15, -0.1) is 0 Å². The van der Waals surface area contributed by atoms with Crippen molar-refractivity contribution < 1.29 is 9.90 Å². The predicted molar refractivity (Wildman–Crippen MR) is 121 cm³/mol. The van der Waals surface area contributed by atoms with Gasteiger partial charge in [0.05, 0.1) is 17.5 Å². The second-order valence-electron chi connectivity index (χ2n) is 8.66. The summed E-state index contributed by atoms with van der Waals surface area (Å²) in [7, 11) is 0. The summed E-state index contributed by atoms with van der Waals surface area (Å²) in [5.41, 5.74) is 3.00. The van der Waals surface area contributed by atoms with Crippen molar-refractivity contribution in [3.63, 3.8) is 0 Å². The zero-order valence-corrected chi connectivity index (χ0v) is 18.3. The molecule has 170 valence electrons. The van der Waals surface area contributed by atoms with Crippen molar-refractivity contribution in [1.29, 1.82) is 0 Å². The highest BCUT2D eigenvalue weighted by atomic mass is 16.3. The molecule has 0 saturated carbocycles. The molecule has 2 N–H and O–H groups in total. The third-order valence-electron chi connectivity index (χ3n) is 6.46. The number of hydrogen-bond donors (Lipinski definition) is 2. The number of aromatic amines is 1. The average Bonchev–Trinajstić information content (AvgIpc) is 2.86. The number of phenolic OH excluding ortho intramolecular Hbond substituents is 1. The van der Waals surface area contributed by atoms with E-state index in [0.717, 1.165) is 55.0 Å². The number of amides is 1. The van der Waals surface area contributed by atoms with Gasteiger partial charge in [-0.2, -0.15) is 0 Å². The van der Waals surface area contributed by atoms with Gasteiger partial charge in [0.2, 0.25) is 0 Å². The van der Waals surface area contributed by atoms with Crippen molar-refractivity contribution >= 4 is 5.91 Å². The molecule has 3 aromatic rings. The molecule has 2 aromatic heterocycles. The molecule has 1 amide bonds. The molecule has 0 aliphatic carbocycles. The third-order valence-corrected chi connectivity index (χ3v) is 6.46. The summed E-state index contributed by atoms with van der Waals surface area (Å²) in [6.45, 7) is 3.31. The van der Waals surface area contributed by atoms with Crippen molar-refractivity contribution in [2.45, 2.75) is 38.3 Å². The summed E-state index contributed by atoms with van der Waals surface area (Å²) >= 11 is 0. The minimum absolute atomic E-state index is 0.0662. The Bertz CT molecular complexity index is 1190. The van der Waals surface area contributed by atoms with Gasteiger partial charge in [-0.1, -0.05) is 12.1 Å². The van der Waals surface area contributed by atoms with Crippen LogP contribution in [0.15, 0.2) is 47.7 Å². The van der Waals surface area contributed by atoms with Gasteiger partial charge >= 0.3 is 0 Å². The Morgan fingerprint density at radius 2 is 1.91 bits per heavy atom. The molecule has 4 heterocycles. The first-order chi connectivity index (χ1) is 16.1. The first kappa shape index (κ1) is 21.3. The Hall–Kier alpha value is -3.59. The summed E-state index contributed by atoms with van der Waals surface area (Å²) in [6.07, 6.45) is 6.79. The number of aromatic nitrogens is 4. The van der Waals surface area contributed by atoms with E-state index in [4.69, 9.17) is 4.98 Å². The van der Waals surface area contributed by atoms with Crippen molar-refractivity contribution in [3.05, 3.63) is 81.5 Å². The van der Waals surface area contributed by atoms with Crippen LogP contribution >= 0.6 is 0 Å². The van der Waals surface area contributed by atoms with E-state index >= 15 is 0 Å². The molecule has 2 aliphatic heterocycles. The van der Waals surface area contributed by atoms with E-state index in [1.54, 1.807) is 23.2 Å². The number of carbonyl (C=O) groups is 1. The normalized spacial score (nSPS) is 17.0. The predicted octanol–water partition coefficient (Wildman–Crippen LogP) is 1.84. The maximum atomic E-state index is 12.9. The topological polar surface area (TPSA) is 115 Å². The molecule has 5 rings (SSSR count). The Kier molecular flexibility index (Phi) is 5.87. The lowest BCUT2D eigenvalue weighted by molar-refractivity contribution is 0.0704. The number of piperidine rings is 1. The van der Waals surface area contributed by atoms with Crippen molar-refractivity contribution in [2.75, 3.05) is 19.6 Å². The summed E-state index contributed by atoms with van der Waals surface area (Å²) in [6, 6.07) is 7.16. The number of phenols is 1. The van der Waals surface area contributed by atoms with Gasteiger partial charge in [0, 0.05) is 57.5 Å². The first-order valence-corrected chi connectivity index (χ1v) is 11.2. The van der Waals surface area contributed by atoms with E-state index in [1.807, 2.05) is 12.1 Å².